The number of halogens is 4. The smallest absolute Gasteiger partial charge is 0.427 e. The Labute approximate surface area is 144 Å². The summed E-state index contributed by atoms with van der Waals surface area (Å²) in [5.41, 5.74) is 0. The molecular formula is I4MoO12. The van der Waals surface area contributed by atoms with Crippen molar-refractivity contribution in [3.63, 3.8) is 0 Å². The second kappa shape index (κ2) is 27.5. The first-order valence-electron chi connectivity index (χ1n) is 1.85. The van der Waals surface area contributed by atoms with Crippen LogP contribution >= 0.6 is 0 Å². The van der Waals surface area contributed by atoms with E-state index < -0.39 is 84.3 Å². The van der Waals surface area contributed by atoms with Gasteiger partial charge in [-0.3, -0.25) is 0 Å². The van der Waals surface area contributed by atoms with E-state index in [-0.39, 0.29) is 21.1 Å². The predicted octanol–water partition coefficient (Wildman–Crippen LogP) is -26.3. The van der Waals surface area contributed by atoms with Crippen LogP contribution in [-0.4, -0.2) is 0 Å². The summed E-state index contributed by atoms with van der Waals surface area (Å²) in [7, 11) is 0. The first-order chi connectivity index (χ1) is 6.93. The van der Waals surface area contributed by atoms with Crippen molar-refractivity contribution in [3.05, 3.63) is 0 Å². The van der Waals surface area contributed by atoms with Crippen molar-refractivity contribution >= 4 is 0 Å². The van der Waals surface area contributed by atoms with E-state index in [1.807, 2.05) is 0 Å². The maximum absolute atomic E-state index is 8.57. The Balaban J connectivity index is -0.0000000369. The monoisotopic (exact) mass is 797 g/mol. The summed E-state index contributed by atoms with van der Waals surface area (Å²) < 4.78 is 103. The minimum atomic E-state index is -4.01. The zero-order valence-electron chi connectivity index (χ0n) is 6.82. The van der Waals surface area contributed by atoms with Crippen molar-refractivity contribution in [1.29, 1.82) is 0 Å². The molecule has 0 bridgehead atoms. The van der Waals surface area contributed by atoms with Crippen LogP contribution in [0.3, 0.4) is 0 Å². The van der Waals surface area contributed by atoms with Gasteiger partial charge >= 0.3 is 21.1 Å². The predicted molar refractivity (Wildman–Crippen MR) is 0 cm³/mol. The van der Waals surface area contributed by atoms with Crippen molar-refractivity contribution in [2.45, 2.75) is 0 Å². The normalized spacial score (nSPS) is 8.47. The first kappa shape index (κ1) is 32.2. The molecule has 0 N–H and O–H groups in total. The molecule has 0 saturated heterocycles. The molecule has 0 spiro atoms. The van der Waals surface area contributed by atoms with Gasteiger partial charge in [-0.15, -0.1) is 0 Å². The molecule has 0 aliphatic rings. The molecule has 106 valence electrons. The summed E-state index contributed by atoms with van der Waals surface area (Å²) >= 11 is -16.1. The van der Waals surface area contributed by atoms with Crippen LogP contribution in [0.25, 0.3) is 0 Å². The van der Waals surface area contributed by atoms with Crippen molar-refractivity contribution in [3.8, 4) is 0 Å². The fourth-order valence-electron chi connectivity index (χ4n) is 0. The van der Waals surface area contributed by atoms with Gasteiger partial charge in [0.15, 0.2) is 0 Å². The number of hydrogen-bond donors (Lipinski definition) is 0. The van der Waals surface area contributed by atoms with Crippen molar-refractivity contribution in [1.82, 2.24) is 0 Å². The van der Waals surface area contributed by atoms with Gasteiger partial charge in [0.05, 0.1) is 0 Å². The Bertz CT molecular complexity index is 61.5. The molecule has 17 heavy (non-hydrogen) atoms. The van der Waals surface area contributed by atoms with Gasteiger partial charge in [0.25, 0.3) is 84.3 Å². The second-order valence-electron chi connectivity index (χ2n) is 0.756. The number of rotatable bonds is 0. The third-order valence-corrected chi connectivity index (χ3v) is 0. The van der Waals surface area contributed by atoms with E-state index in [1.165, 1.54) is 0 Å². The van der Waals surface area contributed by atoms with Crippen LogP contribution in [0, 0.1) is 0 Å². The molecule has 0 radical (unpaired) electrons. The Hall–Kier alpha value is 3.13. The quantitative estimate of drug-likeness (QED) is 0.163. The molecule has 0 unspecified atom stereocenters. The van der Waals surface area contributed by atoms with Crippen LogP contribution in [0.5, 0.6) is 0 Å². The summed E-state index contributed by atoms with van der Waals surface area (Å²) in [6.45, 7) is 0. The van der Waals surface area contributed by atoms with Crippen molar-refractivity contribution in [2.24, 2.45) is 0 Å². The summed E-state index contributed by atoms with van der Waals surface area (Å²) in [4.78, 5) is 0. The molecule has 0 rings (SSSR count). The van der Waals surface area contributed by atoms with Gasteiger partial charge in [0, 0.05) is 0 Å². The fourth-order valence-corrected chi connectivity index (χ4v) is 0. The van der Waals surface area contributed by atoms with Crippen LogP contribution in [-0.2, 0) is 21.1 Å². The zero-order chi connectivity index (χ0) is 14.3. The molecule has 0 aliphatic carbocycles. The summed E-state index contributed by atoms with van der Waals surface area (Å²) in [5, 5.41) is 0. The van der Waals surface area contributed by atoms with Crippen molar-refractivity contribution < 1.29 is 147 Å². The van der Waals surface area contributed by atoms with E-state index in [1.54, 1.807) is 0 Å². The second-order valence-corrected chi connectivity index (χ2v) is 5.07. The van der Waals surface area contributed by atoms with Crippen LogP contribution < -0.4 is 125 Å². The topological polar surface area (TPSA) is 277 Å². The molecule has 0 aromatic rings. The van der Waals surface area contributed by atoms with Gasteiger partial charge in [0.2, 0.25) is 0 Å². The molecule has 0 aromatic carbocycles. The molecule has 0 aromatic heterocycles. The van der Waals surface area contributed by atoms with E-state index in [4.69, 9.17) is 41.2 Å². The fraction of sp³-hybridized carbons (Fsp3) is 0. The molecule has 17 heteroatoms. The van der Waals surface area contributed by atoms with Gasteiger partial charge in [-0.1, -0.05) is 0 Å². The minimum Gasteiger partial charge on any atom is -0.427 e. The van der Waals surface area contributed by atoms with E-state index in [0.717, 1.165) is 0 Å². The summed E-state index contributed by atoms with van der Waals surface area (Å²) in [5.74, 6) is 0. The molecule has 12 nitrogen and oxygen atoms in total. The van der Waals surface area contributed by atoms with Crippen LogP contribution in [0.4, 0.5) is 0 Å². The SMILES string of the molecule is [Mo+4].[O-][I+2]([O-])[O-].[O-][I+2]([O-])[O-].[O-][I+2]([O-])[O-].[O-][I+2]([O-])[O-]. The van der Waals surface area contributed by atoms with Gasteiger partial charge in [0.1, 0.15) is 0 Å². The molecule has 0 aliphatic heterocycles. The largest absolute Gasteiger partial charge is 4.00 e. The average Bonchev–Trinajstić information content (AvgIpc) is 1.76. The van der Waals surface area contributed by atoms with Gasteiger partial charge in [-0.25, -0.2) is 0 Å². The minimum absolute atomic E-state index is 0. The number of hydrogen-bond acceptors (Lipinski definition) is 12. The van der Waals surface area contributed by atoms with Crippen LogP contribution in [0.15, 0.2) is 0 Å². The molecular weight excluding hydrogens is 796 g/mol. The third-order valence-electron chi connectivity index (χ3n) is 0. The van der Waals surface area contributed by atoms with Crippen LogP contribution in [0.1, 0.15) is 0 Å². The summed E-state index contributed by atoms with van der Waals surface area (Å²) in [6.07, 6.45) is 0. The van der Waals surface area contributed by atoms with E-state index in [2.05, 4.69) is 0 Å². The average molecular weight is 796 g/mol. The van der Waals surface area contributed by atoms with Gasteiger partial charge < -0.3 is 41.2 Å². The molecule has 0 saturated carbocycles. The molecule has 0 heterocycles. The van der Waals surface area contributed by atoms with E-state index in [9.17, 15) is 0 Å². The van der Waals surface area contributed by atoms with Gasteiger partial charge in [-0.05, 0) is 0 Å². The Kier molecular flexibility index (Phi) is 52.0. The van der Waals surface area contributed by atoms with Crippen molar-refractivity contribution in [2.75, 3.05) is 0 Å². The maximum Gasteiger partial charge on any atom is 4.00 e. The van der Waals surface area contributed by atoms with E-state index in [0.29, 0.717) is 0 Å². The zero-order valence-corrected chi connectivity index (χ0v) is 17.5. The standard InChI is InChI=1S/4IO3.Mo/c4*2-1(3)4;/q4*-1;+4. The van der Waals surface area contributed by atoms with E-state index >= 15 is 0 Å². The molecule has 0 atom stereocenters. The molecule has 0 fully saturated rings. The molecule has 0 amide bonds. The Morgan fingerprint density at radius 2 is 0.294 bits per heavy atom. The van der Waals surface area contributed by atoms with Crippen LogP contribution in [0.2, 0.25) is 0 Å². The Morgan fingerprint density at radius 3 is 0.294 bits per heavy atom. The van der Waals surface area contributed by atoms with Gasteiger partial charge in [-0.2, -0.15) is 0 Å². The Morgan fingerprint density at radius 1 is 0.294 bits per heavy atom. The summed E-state index contributed by atoms with van der Waals surface area (Å²) in [6, 6.07) is 0. The first-order valence-corrected chi connectivity index (χ1v) is 12.4. The third kappa shape index (κ3) is 573. The maximum atomic E-state index is 8.57.